The molecule has 2 aromatic rings. The Bertz CT molecular complexity index is 485. The average molecular weight is 273 g/mol. The number of rotatable bonds is 1. The van der Waals surface area contributed by atoms with Gasteiger partial charge in [-0.25, -0.2) is 9.78 Å². The molecule has 1 aromatic heterocycles. The molecule has 0 atom stereocenters. The molecular formula is C8H4ClCoNO2S. The van der Waals surface area contributed by atoms with Crippen molar-refractivity contribution in [3.63, 3.8) is 0 Å². The van der Waals surface area contributed by atoms with Crippen LogP contribution >= 0.6 is 22.9 Å². The van der Waals surface area contributed by atoms with E-state index in [1.54, 1.807) is 18.2 Å². The maximum absolute atomic E-state index is 10.6. The van der Waals surface area contributed by atoms with Crippen LogP contribution in [0.4, 0.5) is 0 Å². The first-order valence-electron chi connectivity index (χ1n) is 3.46. The molecule has 14 heavy (non-hydrogen) atoms. The summed E-state index contributed by atoms with van der Waals surface area (Å²) in [7, 11) is 0. The van der Waals surface area contributed by atoms with E-state index in [0.717, 1.165) is 16.0 Å². The van der Waals surface area contributed by atoms with Crippen molar-refractivity contribution in [3.05, 3.63) is 28.2 Å². The maximum Gasteiger partial charge on any atom is 0.365 e. The summed E-state index contributed by atoms with van der Waals surface area (Å²) in [5, 5.41) is 9.36. The first kappa shape index (κ1) is 11.5. The molecule has 1 aromatic carbocycles. The van der Waals surface area contributed by atoms with Gasteiger partial charge in [-0.3, -0.25) is 0 Å². The maximum atomic E-state index is 10.6. The number of hydrogen-bond donors (Lipinski definition) is 1. The normalized spacial score (nSPS) is 9.79. The predicted octanol–water partition coefficient (Wildman–Crippen LogP) is 2.65. The number of aromatic nitrogens is 1. The smallest absolute Gasteiger partial charge is 0.365 e. The van der Waals surface area contributed by atoms with E-state index in [1.165, 1.54) is 0 Å². The third kappa shape index (κ3) is 2.06. The summed E-state index contributed by atoms with van der Waals surface area (Å²) in [6, 6.07) is 5.11. The Kier molecular flexibility index (Phi) is 3.49. The molecule has 1 N–H and O–H groups in total. The Morgan fingerprint density at radius 2 is 2.21 bits per heavy atom. The second kappa shape index (κ2) is 4.27. The molecule has 0 aliphatic rings. The van der Waals surface area contributed by atoms with Crippen LogP contribution in [0.2, 0.25) is 5.02 Å². The Balaban J connectivity index is 0.000000980. The summed E-state index contributed by atoms with van der Waals surface area (Å²) >= 11 is 6.86. The van der Waals surface area contributed by atoms with Gasteiger partial charge in [-0.15, -0.1) is 11.3 Å². The van der Waals surface area contributed by atoms with Crippen LogP contribution in [0.3, 0.4) is 0 Å². The SMILES string of the molecule is O=C(O)c1nc2ccc(Cl)cc2s1.[Co]. The number of nitrogens with zero attached hydrogens (tertiary/aromatic N) is 1. The second-order valence-electron chi connectivity index (χ2n) is 2.44. The van der Waals surface area contributed by atoms with Crippen molar-refractivity contribution in [2.75, 3.05) is 0 Å². The number of thiazole rings is 1. The van der Waals surface area contributed by atoms with E-state index in [1.807, 2.05) is 0 Å². The summed E-state index contributed by atoms with van der Waals surface area (Å²) < 4.78 is 0.796. The van der Waals surface area contributed by atoms with E-state index < -0.39 is 5.97 Å². The van der Waals surface area contributed by atoms with Crippen LogP contribution in [0.15, 0.2) is 18.2 Å². The number of carboxylic acid groups (broad SMARTS) is 1. The molecule has 0 unspecified atom stereocenters. The van der Waals surface area contributed by atoms with Gasteiger partial charge in [0.05, 0.1) is 10.2 Å². The molecule has 2 rings (SSSR count). The number of benzene rings is 1. The van der Waals surface area contributed by atoms with E-state index in [-0.39, 0.29) is 21.8 Å². The molecule has 6 heteroatoms. The van der Waals surface area contributed by atoms with Gasteiger partial charge < -0.3 is 5.11 Å². The number of carbonyl (C=O) groups is 1. The quantitative estimate of drug-likeness (QED) is 0.868. The van der Waals surface area contributed by atoms with Crippen molar-refractivity contribution >= 4 is 39.1 Å². The molecule has 0 saturated heterocycles. The number of hydrogen-bond acceptors (Lipinski definition) is 3. The summed E-state index contributed by atoms with van der Waals surface area (Å²) in [6.07, 6.45) is 0. The Labute approximate surface area is 98.9 Å². The second-order valence-corrected chi connectivity index (χ2v) is 3.90. The standard InChI is InChI=1S/C8H4ClNO2S.Co/c9-4-1-2-5-6(3-4)13-7(10-5)8(11)12;/h1-3H,(H,11,12);. The van der Waals surface area contributed by atoms with Crippen LogP contribution in [0, 0.1) is 0 Å². The van der Waals surface area contributed by atoms with Crippen LogP contribution in [-0.2, 0) is 16.8 Å². The van der Waals surface area contributed by atoms with Gasteiger partial charge in [0.2, 0.25) is 5.01 Å². The van der Waals surface area contributed by atoms with Gasteiger partial charge in [-0.05, 0) is 18.2 Å². The van der Waals surface area contributed by atoms with Gasteiger partial charge in [0.15, 0.2) is 0 Å². The van der Waals surface area contributed by atoms with E-state index >= 15 is 0 Å². The van der Waals surface area contributed by atoms with Crippen molar-refractivity contribution in [3.8, 4) is 0 Å². The van der Waals surface area contributed by atoms with Crippen molar-refractivity contribution in [2.24, 2.45) is 0 Å². The molecule has 0 bridgehead atoms. The monoisotopic (exact) mass is 272 g/mol. The predicted molar refractivity (Wildman–Crippen MR) is 51.6 cm³/mol. The van der Waals surface area contributed by atoms with E-state index in [9.17, 15) is 4.79 Å². The molecule has 0 spiro atoms. The average Bonchev–Trinajstić information content (AvgIpc) is 2.46. The largest absolute Gasteiger partial charge is 0.476 e. The van der Waals surface area contributed by atoms with E-state index in [0.29, 0.717) is 10.5 Å². The van der Waals surface area contributed by atoms with E-state index in [2.05, 4.69) is 4.98 Å². The first-order valence-corrected chi connectivity index (χ1v) is 4.65. The van der Waals surface area contributed by atoms with Crippen LogP contribution in [0.5, 0.6) is 0 Å². The summed E-state index contributed by atoms with van der Waals surface area (Å²) in [5.41, 5.74) is 0.673. The van der Waals surface area contributed by atoms with Gasteiger partial charge >= 0.3 is 5.97 Å². The molecule has 0 aliphatic carbocycles. The zero-order chi connectivity index (χ0) is 9.42. The molecule has 1 radical (unpaired) electrons. The zero-order valence-corrected chi connectivity index (χ0v) is 9.27. The molecule has 0 aliphatic heterocycles. The topological polar surface area (TPSA) is 50.2 Å². The molecule has 75 valence electrons. The van der Waals surface area contributed by atoms with Crippen molar-refractivity contribution in [2.45, 2.75) is 0 Å². The van der Waals surface area contributed by atoms with Crippen LogP contribution in [0.1, 0.15) is 9.80 Å². The molecule has 0 fully saturated rings. The van der Waals surface area contributed by atoms with Gasteiger partial charge in [0.1, 0.15) is 0 Å². The van der Waals surface area contributed by atoms with Crippen molar-refractivity contribution < 1.29 is 26.7 Å². The van der Waals surface area contributed by atoms with Gasteiger partial charge in [0, 0.05) is 21.8 Å². The zero-order valence-electron chi connectivity index (χ0n) is 6.65. The Morgan fingerprint density at radius 3 is 2.86 bits per heavy atom. The number of halogens is 1. The van der Waals surface area contributed by atoms with Gasteiger partial charge in [-0.1, -0.05) is 11.6 Å². The summed E-state index contributed by atoms with van der Waals surface area (Å²) in [6.45, 7) is 0. The first-order chi connectivity index (χ1) is 6.16. The Hall–Kier alpha value is -0.624. The molecular weight excluding hydrogens is 269 g/mol. The van der Waals surface area contributed by atoms with Gasteiger partial charge in [-0.2, -0.15) is 0 Å². The van der Waals surface area contributed by atoms with Crippen molar-refractivity contribution in [1.29, 1.82) is 0 Å². The van der Waals surface area contributed by atoms with Crippen LogP contribution < -0.4 is 0 Å². The van der Waals surface area contributed by atoms with Crippen LogP contribution in [-0.4, -0.2) is 16.1 Å². The molecule has 0 saturated carbocycles. The fourth-order valence-electron chi connectivity index (χ4n) is 0.990. The minimum absolute atomic E-state index is 0. The third-order valence-corrected chi connectivity index (χ3v) is 2.77. The number of carboxylic acids is 1. The van der Waals surface area contributed by atoms with Crippen molar-refractivity contribution in [1.82, 2.24) is 4.98 Å². The fraction of sp³-hybridized carbons (Fsp3) is 0. The number of aromatic carboxylic acids is 1. The molecule has 1 heterocycles. The summed E-state index contributed by atoms with van der Waals surface area (Å²) in [5.74, 6) is -1.00. The third-order valence-electron chi connectivity index (χ3n) is 1.53. The minimum Gasteiger partial charge on any atom is -0.476 e. The van der Waals surface area contributed by atoms with E-state index in [4.69, 9.17) is 16.7 Å². The molecule has 3 nitrogen and oxygen atoms in total. The fourth-order valence-corrected chi connectivity index (χ4v) is 2.07. The van der Waals surface area contributed by atoms with Crippen LogP contribution in [0.25, 0.3) is 10.2 Å². The minimum atomic E-state index is -1.00. The number of fused-ring (bicyclic) bond motifs is 1. The van der Waals surface area contributed by atoms with Gasteiger partial charge in [0.25, 0.3) is 0 Å². The molecule has 0 amide bonds. The summed E-state index contributed by atoms with van der Waals surface area (Å²) in [4.78, 5) is 14.5. The Morgan fingerprint density at radius 1 is 1.50 bits per heavy atom.